The molecule has 2 aromatic rings. The normalized spacial score (nSPS) is 19.8. The number of carbonyl (C=O) groups is 3. The summed E-state index contributed by atoms with van der Waals surface area (Å²) in [4.78, 5) is 37.5. The van der Waals surface area contributed by atoms with E-state index in [0.717, 1.165) is 4.47 Å². The molecular formula is C17H17BrFN3O4. The molecule has 2 heterocycles. The summed E-state index contributed by atoms with van der Waals surface area (Å²) in [5.74, 6) is -1.32. The molecule has 0 spiro atoms. The first kappa shape index (κ1) is 18.5. The van der Waals surface area contributed by atoms with Crippen molar-refractivity contribution in [3.05, 3.63) is 28.4 Å². The number of ether oxygens (including phenoxy) is 1. The second kappa shape index (κ2) is 7.14. The van der Waals surface area contributed by atoms with E-state index in [1.807, 2.05) is 0 Å². The topological polar surface area (TPSA) is 81.5 Å². The molecule has 0 unspecified atom stereocenters. The van der Waals surface area contributed by atoms with Crippen LogP contribution in [0.5, 0.6) is 0 Å². The Kier molecular flexibility index (Phi) is 5.08. The summed E-state index contributed by atoms with van der Waals surface area (Å²) in [5.41, 5.74) is 0.862. The monoisotopic (exact) mass is 425 g/mol. The Morgan fingerprint density at radius 2 is 2.12 bits per heavy atom. The SMILES string of the molecule is COC(=O)[C@H]1C[C@@H](F)CN1C(=O)Cn1nc(C(C)=O)c2cc(Br)ccc21. The highest BCUT2D eigenvalue weighted by Gasteiger charge is 2.40. The molecular weight excluding hydrogens is 409 g/mol. The number of alkyl halides is 1. The lowest BCUT2D eigenvalue weighted by molar-refractivity contribution is -0.151. The molecule has 1 aliphatic rings. The van der Waals surface area contributed by atoms with E-state index < -0.39 is 24.1 Å². The van der Waals surface area contributed by atoms with Gasteiger partial charge in [0.05, 0.1) is 19.2 Å². The molecule has 1 fully saturated rings. The third kappa shape index (κ3) is 3.35. The quantitative estimate of drug-likeness (QED) is 0.553. The van der Waals surface area contributed by atoms with Crippen LogP contribution in [-0.4, -0.2) is 58.2 Å². The van der Waals surface area contributed by atoms with Crippen molar-refractivity contribution in [2.24, 2.45) is 0 Å². The fourth-order valence-electron chi connectivity index (χ4n) is 3.17. The maximum atomic E-state index is 13.8. The number of fused-ring (bicyclic) bond motifs is 1. The van der Waals surface area contributed by atoms with Crippen molar-refractivity contribution in [1.82, 2.24) is 14.7 Å². The zero-order valence-corrected chi connectivity index (χ0v) is 15.8. The predicted molar refractivity (Wildman–Crippen MR) is 94.5 cm³/mol. The van der Waals surface area contributed by atoms with Crippen LogP contribution in [0, 0.1) is 0 Å². The number of rotatable bonds is 4. The summed E-state index contributed by atoms with van der Waals surface area (Å²) in [6.07, 6.45) is -1.36. The Labute approximate surface area is 157 Å². The third-order valence-corrected chi connectivity index (χ3v) is 4.87. The van der Waals surface area contributed by atoms with Gasteiger partial charge in [-0.1, -0.05) is 15.9 Å². The Morgan fingerprint density at radius 3 is 2.77 bits per heavy atom. The van der Waals surface area contributed by atoms with Crippen molar-refractivity contribution in [3.63, 3.8) is 0 Å². The largest absolute Gasteiger partial charge is 0.467 e. The minimum absolute atomic E-state index is 0.0795. The number of carbonyl (C=O) groups excluding carboxylic acids is 3. The van der Waals surface area contributed by atoms with E-state index in [0.29, 0.717) is 10.9 Å². The third-order valence-electron chi connectivity index (χ3n) is 4.37. The minimum Gasteiger partial charge on any atom is -0.467 e. The molecule has 0 bridgehead atoms. The van der Waals surface area contributed by atoms with Gasteiger partial charge in [-0.05, 0) is 18.2 Å². The van der Waals surface area contributed by atoms with Gasteiger partial charge in [-0.15, -0.1) is 0 Å². The second-order valence-corrected chi connectivity index (χ2v) is 7.06. The van der Waals surface area contributed by atoms with Crippen molar-refractivity contribution in [3.8, 4) is 0 Å². The van der Waals surface area contributed by atoms with Gasteiger partial charge in [-0.25, -0.2) is 9.18 Å². The van der Waals surface area contributed by atoms with Crippen molar-refractivity contribution >= 4 is 44.5 Å². The zero-order chi connectivity index (χ0) is 19.0. The Morgan fingerprint density at radius 1 is 1.38 bits per heavy atom. The number of aromatic nitrogens is 2. The molecule has 0 saturated carbocycles. The van der Waals surface area contributed by atoms with E-state index in [1.165, 1.54) is 23.6 Å². The molecule has 7 nitrogen and oxygen atoms in total. The number of halogens is 2. The summed E-state index contributed by atoms with van der Waals surface area (Å²) in [6.45, 7) is 1.03. The van der Waals surface area contributed by atoms with Crippen LogP contribution >= 0.6 is 15.9 Å². The van der Waals surface area contributed by atoms with E-state index in [-0.39, 0.29) is 31.0 Å². The Hall–Kier alpha value is -2.29. The van der Waals surface area contributed by atoms with Crippen LogP contribution < -0.4 is 0 Å². The number of hydrogen-bond donors (Lipinski definition) is 0. The van der Waals surface area contributed by atoms with E-state index in [9.17, 15) is 18.8 Å². The molecule has 1 amide bonds. The summed E-state index contributed by atoms with van der Waals surface area (Å²) >= 11 is 3.35. The lowest BCUT2D eigenvalue weighted by atomic mass is 10.2. The molecule has 2 atom stereocenters. The van der Waals surface area contributed by atoms with Gasteiger partial charge >= 0.3 is 5.97 Å². The maximum Gasteiger partial charge on any atom is 0.328 e. The predicted octanol–water partition coefficient (Wildman–Crippen LogP) is 2.11. The van der Waals surface area contributed by atoms with E-state index in [2.05, 4.69) is 25.8 Å². The lowest BCUT2D eigenvalue weighted by Crippen LogP contribution is -2.42. The smallest absolute Gasteiger partial charge is 0.328 e. The molecule has 1 aromatic carbocycles. The summed E-state index contributed by atoms with van der Waals surface area (Å²) < 4.78 is 20.6. The van der Waals surface area contributed by atoms with Gasteiger partial charge in [0.1, 0.15) is 24.5 Å². The molecule has 3 rings (SSSR count). The fraction of sp³-hybridized carbons (Fsp3) is 0.412. The molecule has 0 radical (unpaired) electrons. The zero-order valence-electron chi connectivity index (χ0n) is 14.2. The van der Waals surface area contributed by atoms with Crippen LogP contribution in [0.1, 0.15) is 23.8 Å². The highest BCUT2D eigenvalue weighted by Crippen LogP contribution is 2.25. The average molecular weight is 426 g/mol. The highest BCUT2D eigenvalue weighted by atomic mass is 79.9. The van der Waals surface area contributed by atoms with Crippen LogP contribution in [0.25, 0.3) is 10.9 Å². The van der Waals surface area contributed by atoms with Crippen molar-refractivity contribution in [1.29, 1.82) is 0 Å². The molecule has 138 valence electrons. The van der Waals surface area contributed by atoms with Crippen LogP contribution in [0.4, 0.5) is 4.39 Å². The number of hydrogen-bond acceptors (Lipinski definition) is 5. The average Bonchev–Trinajstić information content (AvgIpc) is 3.15. The molecule has 0 aliphatic carbocycles. The summed E-state index contributed by atoms with van der Waals surface area (Å²) in [6, 6.07) is 4.33. The number of nitrogens with zero attached hydrogens (tertiary/aromatic N) is 3. The lowest BCUT2D eigenvalue weighted by Gasteiger charge is -2.22. The summed E-state index contributed by atoms with van der Waals surface area (Å²) in [7, 11) is 1.20. The number of amides is 1. The van der Waals surface area contributed by atoms with E-state index in [4.69, 9.17) is 0 Å². The number of esters is 1. The first-order valence-electron chi connectivity index (χ1n) is 8.00. The van der Waals surface area contributed by atoms with Gasteiger partial charge in [0, 0.05) is 23.2 Å². The van der Waals surface area contributed by atoms with Crippen molar-refractivity contribution in [2.75, 3.05) is 13.7 Å². The number of Topliss-reactive ketones (excluding diaryl/α,β-unsaturated/α-hetero) is 1. The van der Waals surface area contributed by atoms with Gasteiger partial charge in [-0.3, -0.25) is 14.3 Å². The highest BCUT2D eigenvalue weighted by molar-refractivity contribution is 9.10. The summed E-state index contributed by atoms with van der Waals surface area (Å²) in [5, 5.41) is 4.86. The van der Waals surface area contributed by atoms with Gasteiger partial charge in [0.15, 0.2) is 5.78 Å². The van der Waals surface area contributed by atoms with E-state index >= 15 is 0 Å². The van der Waals surface area contributed by atoms with Gasteiger partial charge in [0.2, 0.25) is 5.91 Å². The van der Waals surface area contributed by atoms with Crippen LogP contribution in [0.2, 0.25) is 0 Å². The number of ketones is 1. The molecule has 1 aliphatic heterocycles. The van der Waals surface area contributed by atoms with Crippen molar-refractivity contribution in [2.45, 2.75) is 32.1 Å². The number of benzene rings is 1. The van der Waals surface area contributed by atoms with E-state index in [1.54, 1.807) is 18.2 Å². The Bertz CT molecular complexity index is 898. The molecule has 9 heteroatoms. The van der Waals surface area contributed by atoms with Crippen LogP contribution in [0.15, 0.2) is 22.7 Å². The standard InChI is InChI=1S/C17H17BrFN3O4/c1-9(23)16-12-5-10(18)3-4-13(12)22(20-16)8-15(24)21-7-11(19)6-14(21)17(25)26-2/h3-5,11,14H,6-8H2,1-2H3/t11-,14-/m1/s1. The molecule has 1 saturated heterocycles. The molecule has 0 N–H and O–H groups in total. The Balaban J connectivity index is 1.92. The fourth-order valence-corrected chi connectivity index (χ4v) is 3.53. The first-order chi connectivity index (χ1) is 12.3. The number of likely N-dealkylation sites (tertiary alicyclic amines) is 1. The maximum absolute atomic E-state index is 13.8. The van der Waals surface area contributed by atoms with Crippen LogP contribution in [-0.2, 0) is 20.9 Å². The second-order valence-electron chi connectivity index (χ2n) is 6.14. The minimum atomic E-state index is -1.28. The molecule has 1 aromatic heterocycles. The van der Waals surface area contributed by atoms with Crippen molar-refractivity contribution < 1.29 is 23.5 Å². The number of methoxy groups -OCH3 is 1. The van der Waals surface area contributed by atoms with Crippen LogP contribution in [0.3, 0.4) is 0 Å². The molecule has 26 heavy (non-hydrogen) atoms. The van der Waals surface area contributed by atoms with Gasteiger partial charge in [0.25, 0.3) is 0 Å². The first-order valence-corrected chi connectivity index (χ1v) is 8.79. The van der Waals surface area contributed by atoms with Gasteiger partial charge in [-0.2, -0.15) is 5.10 Å². The van der Waals surface area contributed by atoms with Gasteiger partial charge < -0.3 is 9.64 Å².